The normalized spacial score (nSPS) is 16.1. The number of carbonyl (C=O) groups excluding carboxylic acids is 2. The van der Waals surface area contributed by atoms with Gasteiger partial charge in [-0.2, -0.15) is 13.2 Å². The van der Waals surface area contributed by atoms with Gasteiger partial charge < -0.3 is 10.1 Å². The van der Waals surface area contributed by atoms with Gasteiger partial charge in [0, 0.05) is 6.42 Å². The van der Waals surface area contributed by atoms with Gasteiger partial charge in [-0.15, -0.1) is 0 Å². The highest BCUT2D eigenvalue weighted by molar-refractivity contribution is 6.33. The zero-order valence-electron chi connectivity index (χ0n) is 16.9. The van der Waals surface area contributed by atoms with Crippen LogP contribution in [0.4, 0.5) is 18.9 Å². The molecule has 1 aromatic rings. The smallest absolute Gasteiger partial charge is 0.389 e. The second-order valence-electron chi connectivity index (χ2n) is 8.51. The molecule has 1 aromatic carbocycles. The number of carbonyl (C=O) groups is 2. The van der Waals surface area contributed by atoms with Crippen molar-refractivity contribution in [3.63, 3.8) is 0 Å². The molecule has 0 aromatic heterocycles. The van der Waals surface area contributed by atoms with Crippen LogP contribution >= 0.6 is 11.6 Å². The lowest BCUT2D eigenvalue weighted by molar-refractivity contribution is -0.163. The van der Waals surface area contributed by atoms with Crippen LogP contribution in [-0.2, 0) is 20.7 Å². The number of alkyl halides is 3. The Morgan fingerprint density at radius 1 is 1.24 bits per heavy atom. The number of nitrogens with one attached hydrogen (secondary N) is 1. The topological polar surface area (TPSA) is 55.4 Å². The Labute approximate surface area is 174 Å². The van der Waals surface area contributed by atoms with Crippen LogP contribution in [0.15, 0.2) is 18.2 Å². The van der Waals surface area contributed by atoms with E-state index in [-0.39, 0.29) is 28.5 Å². The van der Waals surface area contributed by atoms with Crippen molar-refractivity contribution < 1.29 is 27.5 Å². The van der Waals surface area contributed by atoms with Gasteiger partial charge in [0.15, 0.2) is 0 Å². The van der Waals surface area contributed by atoms with E-state index >= 15 is 0 Å². The van der Waals surface area contributed by atoms with Crippen LogP contribution in [0.5, 0.6) is 0 Å². The van der Waals surface area contributed by atoms with Crippen molar-refractivity contribution in [1.82, 2.24) is 0 Å². The molecule has 162 valence electrons. The van der Waals surface area contributed by atoms with Gasteiger partial charge in [-0.25, -0.2) is 0 Å². The second kappa shape index (κ2) is 9.37. The molecule has 4 nitrogen and oxygen atoms in total. The highest BCUT2D eigenvalue weighted by atomic mass is 35.5. The van der Waals surface area contributed by atoms with Crippen molar-refractivity contribution in [2.75, 3.05) is 5.32 Å². The Morgan fingerprint density at radius 2 is 1.90 bits per heavy atom. The molecule has 29 heavy (non-hydrogen) atoms. The van der Waals surface area contributed by atoms with Crippen LogP contribution in [0.3, 0.4) is 0 Å². The summed E-state index contributed by atoms with van der Waals surface area (Å²) >= 11 is 6.09. The lowest BCUT2D eigenvalue weighted by Gasteiger charge is -2.34. The molecule has 0 spiro atoms. The summed E-state index contributed by atoms with van der Waals surface area (Å²) in [5, 5.41) is 2.66. The fourth-order valence-electron chi connectivity index (χ4n) is 3.18. The first-order chi connectivity index (χ1) is 13.3. The largest absolute Gasteiger partial charge is 0.460 e. The van der Waals surface area contributed by atoms with E-state index in [1.54, 1.807) is 18.2 Å². The van der Waals surface area contributed by atoms with Crippen molar-refractivity contribution in [2.45, 2.75) is 71.1 Å². The number of anilines is 1. The summed E-state index contributed by atoms with van der Waals surface area (Å²) in [6.45, 7) is 5.46. The highest BCUT2D eigenvalue weighted by Gasteiger charge is 2.35. The number of esters is 1. The minimum absolute atomic E-state index is 0.228. The second-order valence-corrected chi connectivity index (χ2v) is 8.92. The maximum Gasteiger partial charge on any atom is 0.389 e. The molecule has 0 saturated heterocycles. The van der Waals surface area contributed by atoms with E-state index < -0.39 is 30.5 Å². The average molecular weight is 434 g/mol. The molecule has 0 bridgehead atoms. The minimum Gasteiger partial charge on any atom is -0.460 e. The van der Waals surface area contributed by atoms with Crippen LogP contribution in [0, 0.1) is 11.8 Å². The fraction of sp³-hybridized carbons (Fsp3) is 0.619. The molecule has 1 unspecified atom stereocenters. The summed E-state index contributed by atoms with van der Waals surface area (Å²) in [6.07, 6.45) is -2.86. The van der Waals surface area contributed by atoms with Gasteiger partial charge in [0.1, 0.15) is 5.60 Å². The van der Waals surface area contributed by atoms with Crippen molar-refractivity contribution in [1.29, 1.82) is 0 Å². The number of hydrogen-bond acceptors (Lipinski definition) is 3. The predicted molar refractivity (Wildman–Crippen MR) is 106 cm³/mol. The van der Waals surface area contributed by atoms with Crippen LogP contribution in [0.25, 0.3) is 0 Å². The first-order valence-corrected chi connectivity index (χ1v) is 10.1. The summed E-state index contributed by atoms with van der Waals surface area (Å²) in [6, 6.07) is 4.94. The molecule has 2 rings (SSSR count). The van der Waals surface area contributed by atoms with Gasteiger partial charge in [0.2, 0.25) is 5.91 Å². The van der Waals surface area contributed by atoms with Gasteiger partial charge in [-0.3, -0.25) is 9.59 Å². The first-order valence-electron chi connectivity index (χ1n) is 9.72. The van der Waals surface area contributed by atoms with Crippen molar-refractivity contribution in [3.05, 3.63) is 28.8 Å². The molecular weight excluding hydrogens is 407 g/mol. The Hall–Kier alpha value is -1.76. The molecule has 1 N–H and O–H groups in total. The molecule has 1 amide bonds. The van der Waals surface area contributed by atoms with Crippen molar-refractivity contribution in [2.24, 2.45) is 11.8 Å². The molecule has 0 aliphatic heterocycles. The number of amides is 1. The maximum atomic E-state index is 12.7. The van der Waals surface area contributed by atoms with E-state index in [0.29, 0.717) is 6.42 Å². The van der Waals surface area contributed by atoms with E-state index in [1.807, 2.05) is 20.8 Å². The zero-order chi connectivity index (χ0) is 21.8. The Bertz CT molecular complexity index is 740. The van der Waals surface area contributed by atoms with E-state index in [4.69, 9.17) is 16.3 Å². The number of hydrogen-bond donors (Lipinski definition) is 1. The van der Waals surface area contributed by atoms with Gasteiger partial charge in [-0.05, 0) is 63.6 Å². The summed E-state index contributed by atoms with van der Waals surface area (Å²) < 4.78 is 42.5. The number of rotatable bonds is 7. The van der Waals surface area contributed by atoms with Gasteiger partial charge >= 0.3 is 12.1 Å². The summed E-state index contributed by atoms with van der Waals surface area (Å²) in [7, 11) is 0. The SMILES string of the molecule is CC(C)(C)OC(=O)C(Cc1ccc(Cl)c(NC(=O)CCC(F)(F)F)c1)C1CCC1. The molecule has 0 radical (unpaired) electrons. The van der Waals surface area contributed by atoms with Crippen molar-refractivity contribution >= 4 is 29.2 Å². The first kappa shape index (κ1) is 23.5. The van der Waals surface area contributed by atoms with Gasteiger partial charge in [0.05, 0.1) is 23.0 Å². The van der Waals surface area contributed by atoms with Crippen LogP contribution < -0.4 is 5.32 Å². The molecule has 1 fully saturated rings. The third-order valence-corrected chi connectivity index (χ3v) is 5.15. The Kier molecular flexibility index (Phi) is 7.60. The van der Waals surface area contributed by atoms with Crippen molar-refractivity contribution in [3.8, 4) is 0 Å². The molecule has 1 aliphatic rings. The highest BCUT2D eigenvalue weighted by Crippen LogP contribution is 2.37. The fourth-order valence-corrected chi connectivity index (χ4v) is 3.34. The van der Waals surface area contributed by atoms with Crippen LogP contribution in [-0.4, -0.2) is 23.7 Å². The van der Waals surface area contributed by atoms with E-state index in [2.05, 4.69) is 5.32 Å². The quantitative estimate of drug-likeness (QED) is 0.543. The molecular formula is C21H27ClF3NO3. The van der Waals surface area contributed by atoms with Gasteiger partial charge in [0.25, 0.3) is 0 Å². The lowest BCUT2D eigenvalue weighted by atomic mass is 9.73. The maximum absolute atomic E-state index is 12.7. The van der Waals surface area contributed by atoms with Gasteiger partial charge in [-0.1, -0.05) is 24.1 Å². The third-order valence-electron chi connectivity index (χ3n) is 4.82. The van der Waals surface area contributed by atoms with Crippen LogP contribution in [0.1, 0.15) is 58.4 Å². The minimum atomic E-state index is -4.40. The number of benzene rings is 1. The molecule has 1 saturated carbocycles. The zero-order valence-corrected chi connectivity index (χ0v) is 17.6. The monoisotopic (exact) mass is 433 g/mol. The molecule has 1 aliphatic carbocycles. The van der Waals surface area contributed by atoms with E-state index in [1.165, 1.54) is 0 Å². The molecule has 8 heteroatoms. The molecule has 0 heterocycles. The summed E-state index contributed by atoms with van der Waals surface area (Å²) in [4.78, 5) is 24.5. The Balaban J connectivity index is 2.09. The standard InChI is InChI=1S/C21H27ClF3NO3/c1-20(2,3)29-19(28)15(14-5-4-6-14)11-13-7-8-16(22)17(12-13)26-18(27)9-10-21(23,24)25/h7-8,12,14-15H,4-6,9-11H2,1-3H3,(H,26,27). The third kappa shape index (κ3) is 7.88. The number of halogens is 4. The molecule has 1 atom stereocenters. The Morgan fingerprint density at radius 3 is 2.41 bits per heavy atom. The van der Waals surface area contributed by atoms with E-state index in [0.717, 1.165) is 24.8 Å². The van der Waals surface area contributed by atoms with E-state index in [9.17, 15) is 22.8 Å². The predicted octanol–water partition coefficient (Wildman–Crippen LogP) is 5.92. The average Bonchev–Trinajstić information content (AvgIpc) is 2.51. The number of ether oxygens (including phenoxy) is 1. The summed E-state index contributed by atoms with van der Waals surface area (Å²) in [5.41, 5.74) is 0.424. The lowest BCUT2D eigenvalue weighted by Crippen LogP contribution is -2.36. The van der Waals surface area contributed by atoms with Crippen LogP contribution in [0.2, 0.25) is 5.02 Å². The summed E-state index contributed by atoms with van der Waals surface area (Å²) in [5.74, 6) is -1.08.